The number of amides is 1. The maximum atomic E-state index is 13.6. The van der Waals surface area contributed by atoms with E-state index in [-0.39, 0.29) is 26.1 Å². The molecule has 1 atom stereocenters. The molecule has 0 aromatic heterocycles. The molecule has 1 heterocycles. The van der Waals surface area contributed by atoms with Crippen LogP contribution in [-0.2, 0) is 10.0 Å². The third kappa shape index (κ3) is 3.25. The van der Waals surface area contributed by atoms with E-state index in [0.29, 0.717) is 12.1 Å². The molecular formula is C13H15F3N2O3S. The predicted molar refractivity (Wildman–Crippen MR) is 73.2 cm³/mol. The number of halogens is 3. The highest BCUT2D eigenvalue weighted by Gasteiger charge is 2.36. The van der Waals surface area contributed by atoms with E-state index in [2.05, 4.69) is 4.72 Å². The van der Waals surface area contributed by atoms with Crippen LogP contribution in [0.4, 0.5) is 13.2 Å². The van der Waals surface area contributed by atoms with Crippen LogP contribution in [0.25, 0.3) is 0 Å². The highest BCUT2D eigenvalue weighted by Crippen LogP contribution is 2.22. The van der Waals surface area contributed by atoms with Crippen LogP contribution in [0.5, 0.6) is 0 Å². The molecule has 0 radical (unpaired) electrons. The summed E-state index contributed by atoms with van der Waals surface area (Å²) in [6.45, 7) is 1.74. The molecule has 1 saturated heterocycles. The first kappa shape index (κ1) is 16.8. The van der Waals surface area contributed by atoms with Gasteiger partial charge in [0.05, 0.1) is 5.25 Å². The van der Waals surface area contributed by atoms with E-state index in [9.17, 15) is 26.4 Å². The Bertz CT molecular complexity index is 671. The van der Waals surface area contributed by atoms with Gasteiger partial charge in [-0.15, -0.1) is 0 Å². The fourth-order valence-corrected chi connectivity index (χ4v) is 3.82. The van der Waals surface area contributed by atoms with Gasteiger partial charge in [0, 0.05) is 31.8 Å². The lowest BCUT2D eigenvalue weighted by molar-refractivity contribution is 0.0783. The van der Waals surface area contributed by atoms with Crippen LogP contribution in [0.3, 0.4) is 0 Å². The van der Waals surface area contributed by atoms with Gasteiger partial charge in [0.1, 0.15) is 23.0 Å². The number of carbonyl (C=O) groups is 1. The number of rotatable bonds is 4. The van der Waals surface area contributed by atoms with Gasteiger partial charge in [-0.3, -0.25) is 4.79 Å². The first-order valence-electron chi connectivity index (χ1n) is 6.68. The third-order valence-corrected chi connectivity index (χ3v) is 5.39. The van der Waals surface area contributed by atoms with Crippen molar-refractivity contribution in [1.82, 2.24) is 9.62 Å². The van der Waals surface area contributed by atoms with E-state index >= 15 is 0 Å². The van der Waals surface area contributed by atoms with Crippen LogP contribution < -0.4 is 4.72 Å². The quantitative estimate of drug-likeness (QED) is 0.900. The minimum atomic E-state index is -3.58. The van der Waals surface area contributed by atoms with Gasteiger partial charge in [-0.05, 0) is 6.42 Å². The number of hydrogen-bond acceptors (Lipinski definition) is 3. The highest BCUT2D eigenvalue weighted by molar-refractivity contribution is 7.90. The van der Waals surface area contributed by atoms with Crippen LogP contribution >= 0.6 is 0 Å². The van der Waals surface area contributed by atoms with Crippen molar-refractivity contribution in [3.63, 3.8) is 0 Å². The molecule has 1 aromatic carbocycles. The third-order valence-electron chi connectivity index (χ3n) is 3.44. The van der Waals surface area contributed by atoms with Crippen LogP contribution in [0.15, 0.2) is 12.1 Å². The molecule has 1 amide bonds. The summed E-state index contributed by atoms with van der Waals surface area (Å²) in [5, 5.41) is -0.831. The normalized spacial score (nSPS) is 18.7. The van der Waals surface area contributed by atoms with Crippen molar-refractivity contribution in [2.24, 2.45) is 0 Å². The Morgan fingerprint density at radius 3 is 2.45 bits per heavy atom. The van der Waals surface area contributed by atoms with E-state index in [1.54, 1.807) is 6.92 Å². The van der Waals surface area contributed by atoms with Gasteiger partial charge in [0.2, 0.25) is 10.0 Å². The van der Waals surface area contributed by atoms with E-state index in [0.717, 1.165) is 4.90 Å². The van der Waals surface area contributed by atoms with E-state index in [1.165, 1.54) is 0 Å². The van der Waals surface area contributed by atoms with Gasteiger partial charge >= 0.3 is 0 Å². The number of likely N-dealkylation sites (tertiary alicyclic amines) is 1. The highest BCUT2D eigenvalue weighted by atomic mass is 32.2. The van der Waals surface area contributed by atoms with Gasteiger partial charge in [-0.2, -0.15) is 0 Å². The lowest BCUT2D eigenvalue weighted by atomic mass is 10.1. The van der Waals surface area contributed by atoms with Gasteiger partial charge in [-0.25, -0.2) is 26.3 Å². The Morgan fingerprint density at radius 2 is 1.91 bits per heavy atom. The number of benzene rings is 1. The zero-order chi connectivity index (χ0) is 16.5. The summed E-state index contributed by atoms with van der Waals surface area (Å²) in [6.07, 6.45) is 0.172. The molecule has 0 bridgehead atoms. The van der Waals surface area contributed by atoms with Gasteiger partial charge in [0.15, 0.2) is 0 Å². The van der Waals surface area contributed by atoms with E-state index in [4.69, 9.17) is 0 Å². The monoisotopic (exact) mass is 336 g/mol. The molecule has 0 aliphatic carbocycles. The number of hydrogen-bond donors (Lipinski definition) is 1. The van der Waals surface area contributed by atoms with Crippen LogP contribution in [-0.4, -0.2) is 44.1 Å². The van der Waals surface area contributed by atoms with Crippen molar-refractivity contribution >= 4 is 15.9 Å². The summed E-state index contributed by atoms with van der Waals surface area (Å²) in [4.78, 5) is 13.2. The van der Waals surface area contributed by atoms with E-state index in [1.807, 2.05) is 0 Å². The minimum absolute atomic E-state index is 0.0599. The zero-order valence-electron chi connectivity index (χ0n) is 11.8. The Morgan fingerprint density at radius 1 is 1.32 bits per heavy atom. The van der Waals surface area contributed by atoms with Crippen LogP contribution in [0.2, 0.25) is 0 Å². The molecule has 1 fully saturated rings. The summed E-state index contributed by atoms with van der Waals surface area (Å²) >= 11 is 0. The minimum Gasteiger partial charge on any atom is -0.337 e. The largest absolute Gasteiger partial charge is 0.337 e. The number of nitrogens with zero attached hydrogens (tertiary/aromatic N) is 1. The maximum Gasteiger partial charge on any atom is 0.259 e. The zero-order valence-corrected chi connectivity index (χ0v) is 12.6. The molecule has 1 N–H and O–H groups in total. The van der Waals surface area contributed by atoms with Crippen molar-refractivity contribution in [3.8, 4) is 0 Å². The van der Waals surface area contributed by atoms with Crippen molar-refractivity contribution < 1.29 is 26.4 Å². The summed E-state index contributed by atoms with van der Waals surface area (Å²) in [5.41, 5.74) is -0.872. The Hall–Kier alpha value is -1.61. The lowest BCUT2D eigenvalue weighted by Crippen LogP contribution is -2.38. The van der Waals surface area contributed by atoms with Crippen molar-refractivity contribution in [2.45, 2.75) is 18.6 Å². The van der Waals surface area contributed by atoms with Gasteiger partial charge in [-0.1, -0.05) is 6.92 Å². The molecular weight excluding hydrogens is 321 g/mol. The Labute approximate surface area is 126 Å². The van der Waals surface area contributed by atoms with Crippen molar-refractivity contribution in [1.29, 1.82) is 0 Å². The summed E-state index contributed by atoms with van der Waals surface area (Å²) in [6, 6.07) is 0.832. The summed E-state index contributed by atoms with van der Waals surface area (Å²) in [5.74, 6) is -4.72. The average molecular weight is 336 g/mol. The van der Waals surface area contributed by atoms with Crippen LogP contribution in [0, 0.1) is 17.5 Å². The summed E-state index contributed by atoms with van der Waals surface area (Å²) < 4.78 is 66.1. The topological polar surface area (TPSA) is 66.5 Å². The second-order valence-electron chi connectivity index (χ2n) is 4.95. The SMILES string of the molecule is CCNS(=O)(=O)C1CCN(C(=O)c2c(F)cc(F)cc2F)C1. The number of nitrogens with one attached hydrogen (secondary N) is 1. The second kappa shape index (κ2) is 6.25. The number of sulfonamides is 1. The Kier molecular flexibility index (Phi) is 4.76. The fourth-order valence-electron chi connectivity index (χ4n) is 2.39. The molecule has 9 heteroatoms. The number of carbonyl (C=O) groups excluding carboxylic acids is 1. The average Bonchev–Trinajstić information content (AvgIpc) is 2.87. The van der Waals surface area contributed by atoms with Gasteiger partial charge < -0.3 is 4.90 Å². The predicted octanol–water partition coefficient (Wildman–Crippen LogP) is 1.26. The molecule has 1 aliphatic rings. The molecule has 1 aliphatic heterocycles. The molecule has 0 spiro atoms. The van der Waals surface area contributed by atoms with Crippen LogP contribution in [0.1, 0.15) is 23.7 Å². The standard InChI is InChI=1S/C13H15F3N2O3S/c1-2-17-22(20,21)9-3-4-18(7-9)13(19)12-10(15)5-8(14)6-11(12)16/h5-6,9,17H,2-4,7H2,1H3. The molecule has 2 rings (SSSR count). The van der Waals surface area contributed by atoms with Gasteiger partial charge in [0.25, 0.3) is 5.91 Å². The Balaban J connectivity index is 2.20. The molecule has 22 heavy (non-hydrogen) atoms. The smallest absolute Gasteiger partial charge is 0.259 e. The lowest BCUT2D eigenvalue weighted by Gasteiger charge is -2.17. The maximum absolute atomic E-state index is 13.6. The molecule has 1 aromatic rings. The van der Waals surface area contributed by atoms with Crippen molar-refractivity contribution in [3.05, 3.63) is 35.1 Å². The first-order chi connectivity index (χ1) is 10.3. The molecule has 5 nitrogen and oxygen atoms in total. The van der Waals surface area contributed by atoms with E-state index < -0.39 is 44.2 Å². The first-order valence-corrected chi connectivity index (χ1v) is 8.23. The van der Waals surface area contributed by atoms with Crippen molar-refractivity contribution in [2.75, 3.05) is 19.6 Å². The summed E-state index contributed by atoms with van der Waals surface area (Å²) in [7, 11) is -3.58. The second-order valence-corrected chi connectivity index (χ2v) is 6.99. The molecule has 0 saturated carbocycles. The fraction of sp³-hybridized carbons (Fsp3) is 0.462. The molecule has 122 valence electrons. The molecule has 1 unspecified atom stereocenters.